The molecule has 6 nitrogen and oxygen atoms in total. The van der Waals surface area contributed by atoms with Gasteiger partial charge in [0.1, 0.15) is 12.4 Å². The average Bonchev–Trinajstić information content (AvgIpc) is 3.04. The third-order valence-electron chi connectivity index (χ3n) is 3.06. The molecule has 0 aromatic carbocycles. The summed E-state index contributed by atoms with van der Waals surface area (Å²) in [5.41, 5.74) is -0.0584. The number of hydrogen-bond acceptors (Lipinski definition) is 4. The van der Waals surface area contributed by atoms with Gasteiger partial charge in [-0.15, -0.1) is 21.5 Å². The van der Waals surface area contributed by atoms with Crippen LogP contribution in [0, 0.1) is 6.92 Å². The molecule has 7 heteroatoms. The topological polar surface area (TPSA) is 67.1 Å². The van der Waals surface area contributed by atoms with Gasteiger partial charge in [0.15, 0.2) is 11.8 Å². The summed E-state index contributed by atoms with van der Waals surface area (Å²) in [6.45, 7) is 9.53. The van der Waals surface area contributed by atoms with Crippen LogP contribution in [0.3, 0.4) is 0 Å². The van der Waals surface area contributed by atoms with E-state index in [1.165, 1.54) is 4.88 Å². The minimum absolute atomic E-state index is 0.0584. The van der Waals surface area contributed by atoms with Crippen LogP contribution >= 0.6 is 11.3 Å². The molecule has 0 spiro atoms. The van der Waals surface area contributed by atoms with Gasteiger partial charge < -0.3 is 15.2 Å². The van der Waals surface area contributed by atoms with E-state index in [-0.39, 0.29) is 5.54 Å². The molecular weight excluding hydrogens is 296 g/mol. The van der Waals surface area contributed by atoms with Gasteiger partial charge in [0.05, 0.1) is 6.54 Å². The van der Waals surface area contributed by atoms with Gasteiger partial charge in [0.2, 0.25) is 0 Å². The van der Waals surface area contributed by atoms with E-state index >= 15 is 0 Å². The molecule has 0 aliphatic rings. The monoisotopic (exact) mass is 320 g/mol. The van der Waals surface area contributed by atoms with Crippen molar-refractivity contribution >= 4 is 17.3 Å². The molecule has 2 heterocycles. The van der Waals surface area contributed by atoms with Gasteiger partial charge in [-0.3, -0.25) is 0 Å². The van der Waals surface area contributed by atoms with Crippen molar-refractivity contribution < 1.29 is 0 Å². The van der Waals surface area contributed by atoms with Crippen molar-refractivity contribution in [3.05, 3.63) is 34.0 Å². The fourth-order valence-electron chi connectivity index (χ4n) is 1.82. The van der Waals surface area contributed by atoms with Crippen LogP contribution in [0.2, 0.25) is 0 Å². The second-order valence-electron chi connectivity index (χ2n) is 6.20. The second-order valence-corrected chi connectivity index (χ2v) is 7.23. The maximum Gasteiger partial charge on any atom is 0.192 e. The summed E-state index contributed by atoms with van der Waals surface area (Å²) in [7, 11) is 1.95. The van der Waals surface area contributed by atoms with Crippen molar-refractivity contribution in [2.75, 3.05) is 0 Å². The van der Waals surface area contributed by atoms with Crippen LogP contribution in [0.25, 0.3) is 0 Å². The Morgan fingerprint density at radius 2 is 2.14 bits per heavy atom. The van der Waals surface area contributed by atoms with Gasteiger partial charge in [-0.05, 0) is 39.1 Å². The van der Waals surface area contributed by atoms with Crippen molar-refractivity contribution in [2.24, 2.45) is 12.0 Å². The minimum Gasteiger partial charge on any atom is -0.352 e. The van der Waals surface area contributed by atoms with Crippen LogP contribution in [-0.2, 0) is 20.1 Å². The third kappa shape index (κ3) is 4.84. The van der Waals surface area contributed by atoms with E-state index in [9.17, 15) is 0 Å². The normalized spacial score (nSPS) is 12.5. The number of rotatable bonds is 4. The highest BCUT2D eigenvalue weighted by atomic mass is 32.1. The number of hydrogen-bond donors (Lipinski definition) is 2. The summed E-state index contributed by atoms with van der Waals surface area (Å²) in [6.07, 6.45) is 0. The highest BCUT2D eigenvalue weighted by Gasteiger charge is 2.13. The van der Waals surface area contributed by atoms with Gasteiger partial charge in [0.25, 0.3) is 0 Å². The van der Waals surface area contributed by atoms with E-state index in [2.05, 4.69) is 64.1 Å². The van der Waals surface area contributed by atoms with Crippen LogP contribution in [-0.4, -0.2) is 26.3 Å². The van der Waals surface area contributed by atoms with Gasteiger partial charge in [0, 0.05) is 17.5 Å². The standard InChI is InChI=1S/C15H24N6S/c1-11-19-20-13(21(11)5)10-17-14(18-15(2,3)4)16-9-12-7-6-8-22-12/h6-8H,9-10H2,1-5H3,(H2,16,17,18). The van der Waals surface area contributed by atoms with Crippen LogP contribution in [0.4, 0.5) is 0 Å². The lowest BCUT2D eigenvalue weighted by molar-refractivity contribution is 0.500. The van der Waals surface area contributed by atoms with Crippen LogP contribution in [0.15, 0.2) is 22.5 Å². The maximum atomic E-state index is 4.63. The number of aromatic nitrogens is 3. The fraction of sp³-hybridized carbons (Fsp3) is 0.533. The molecule has 0 saturated carbocycles. The Morgan fingerprint density at radius 3 is 2.68 bits per heavy atom. The molecule has 2 rings (SSSR count). The maximum absolute atomic E-state index is 4.63. The highest BCUT2D eigenvalue weighted by Crippen LogP contribution is 2.08. The van der Waals surface area contributed by atoms with Gasteiger partial charge in [-0.25, -0.2) is 4.99 Å². The molecule has 0 unspecified atom stereocenters. The quantitative estimate of drug-likeness (QED) is 0.669. The molecule has 22 heavy (non-hydrogen) atoms. The largest absolute Gasteiger partial charge is 0.352 e. The first kappa shape index (κ1) is 16.5. The molecule has 0 fully saturated rings. The molecule has 0 amide bonds. The average molecular weight is 320 g/mol. The van der Waals surface area contributed by atoms with Crippen LogP contribution < -0.4 is 10.6 Å². The predicted molar refractivity (Wildman–Crippen MR) is 90.9 cm³/mol. The lowest BCUT2D eigenvalue weighted by atomic mass is 10.1. The number of guanidine groups is 1. The Balaban J connectivity index is 2.05. The molecule has 2 aromatic rings. The Hall–Kier alpha value is -1.89. The molecule has 0 radical (unpaired) electrons. The highest BCUT2D eigenvalue weighted by molar-refractivity contribution is 7.09. The predicted octanol–water partition coefficient (Wildman–Crippen LogP) is 2.22. The smallest absolute Gasteiger partial charge is 0.192 e. The third-order valence-corrected chi connectivity index (χ3v) is 3.94. The lowest BCUT2D eigenvalue weighted by Gasteiger charge is -2.24. The first-order valence-electron chi connectivity index (χ1n) is 7.29. The summed E-state index contributed by atoms with van der Waals surface area (Å²) in [5.74, 6) is 2.52. The number of aliphatic imine (C=N–C) groups is 1. The zero-order valence-electron chi connectivity index (χ0n) is 13.8. The van der Waals surface area contributed by atoms with Gasteiger partial charge in [-0.1, -0.05) is 6.07 Å². The number of nitrogens with zero attached hydrogens (tertiary/aromatic N) is 4. The Labute approximate surface area is 135 Å². The van der Waals surface area contributed by atoms with Crippen LogP contribution in [0.1, 0.15) is 37.3 Å². The van der Waals surface area contributed by atoms with Gasteiger partial charge in [-0.2, -0.15) is 0 Å². The van der Waals surface area contributed by atoms with Crippen molar-refractivity contribution in [1.82, 2.24) is 25.4 Å². The van der Waals surface area contributed by atoms with E-state index in [1.54, 1.807) is 11.3 Å². The number of nitrogens with one attached hydrogen (secondary N) is 2. The summed E-state index contributed by atoms with van der Waals surface area (Å²) >= 11 is 1.73. The van der Waals surface area contributed by atoms with Gasteiger partial charge >= 0.3 is 0 Å². The number of aryl methyl sites for hydroxylation is 1. The SMILES string of the molecule is Cc1nnc(CN=C(NCc2cccs2)NC(C)(C)C)n1C. The van der Waals surface area contributed by atoms with Crippen molar-refractivity contribution in [2.45, 2.75) is 46.3 Å². The van der Waals surface area contributed by atoms with Crippen LogP contribution in [0.5, 0.6) is 0 Å². The summed E-state index contributed by atoms with van der Waals surface area (Å²) < 4.78 is 1.96. The first-order chi connectivity index (χ1) is 10.3. The van der Waals surface area contributed by atoms with Crippen molar-refractivity contribution in [1.29, 1.82) is 0 Å². The number of thiophene rings is 1. The van der Waals surface area contributed by atoms with E-state index in [0.717, 1.165) is 24.2 Å². The molecule has 2 aromatic heterocycles. The van der Waals surface area contributed by atoms with E-state index < -0.39 is 0 Å². The molecular formula is C15H24N6S. The Kier molecular flexibility index (Phi) is 5.18. The molecule has 0 atom stereocenters. The summed E-state index contributed by atoms with van der Waals surface area (Å²) in [4.78, 5) is 5.90. The lowest BCUT2D eigenvalue weighted by Crippen LogP contribution is -2.47. The molecule has 0 bridgehead atoms. The molecule has 0 aliphatic carbocycles. The zero-order chi connectivity index (χ0) is 16.2. The van der Waals surface area contributed by atoms with Crippen molar-refractivity contribution in [3.63, 3.8) is 0 Å². The summed E-state index contributed by atoms with van der Waals surface area (Å²) in [5, 5.41) is 17.1. The Morgan fingerprint density at radius 1 is 1.36 bits per heavy atom. The van der Waals surface area contributed by atoms with Crippen molar-refractivity contribution in [3.8, 4) is 0 Å². The first-order valence-corrected chi connectivity index (χ1v) is 8.17. The molecule has 2 N–H and O–H groups in total. The molecule has 120 valence electrons. The summed E-state index contributed by atoms with van der Waals surface area (Å²) in [6, 6.07) is 4.16. The fourth-order valence-corrected chi connectivity index (χ4v) is 2.46. The second kappa shape index (κ2) is 6.91. The Bertz CT molecular complexity index is 621. The zero-order valence-corrected chi connectivity index (χ0v) is 14.7. The van der Waals surface area contributed by atoms with E-state index in [4.69, 9.17) is 0 Å². The van der Waals surface area contributed by atoms with E-state index in [1.807, 2.05) is 18.5 Å². The molecule has 0 aliphatic heterocycles. The van der Waals surface area contributed by atoms with E-state index in [0.29, 0.717) is 6.54 Å². The molecule has 0 saturated heterocycles. The minimum atomic E-state index is -0.0584.